The van der Waals surface area contributed by atoms with Crippen molar-refractivity contribution in [2.75, 3.05) is 27.2 Å². The predicted octanol–water partition coefficient (Wildman–Crippen LogP) is 1.33. The first-order valence-corrected chi connectivity index (χ1v) is 7.43. The molecule has 1 fully saturated rings. The molecule has 2 rings (SSSR count). The Balaban J connectivity index is 1.91. The number of carbonyl (C=O) groups is 1. The van der Waals surface area contributed by atoms with E-state index in [1.807, 2.05) is 18.0 Å². The molecule has 0 bridgehead atoms. The van der Waals surface area contributed by atoms with Crippen LogP contribution >= 0.6 is 0 Å². The van der Waals surface area contributed by atoms with Gasteiger partial charge in [-0.3, -0.25) is 4.79 Å². The van der Waals surface area contributed by atoms with E-state index in [0.717, 1.165) is 25.9 Å². The van der Waals surface area contributed by atoms with Crippen molar-refractivity contribution in [1.82, 2.24) is 15.1 Å². The molecule has 22 heavy (non-hydrogen) atoms. The largest absolute Gasteiger partial charge is 0.467 e. The minimum atomic E-state index is -0.376. The summed E-state index contributed by atoms with van der Waals surface area (Å²) in [6, 6.07) is 5.89. The summed E-state index contributed by atoms with van der Waals surface area (Å²) >= 11 is 0. The van der Waals surface area contributed by atoms with Crippen molar-refractivity contribution in [3.8, 4) is 6.07 Å². The summed E-state index contributed by atoms with van der Waals surface area (Å²) in [7, 11) is 4.03. The van der Waals surface area contributed by atoms with Gasteiger partial charge in [0.2, 0.25) is 0 Å². The van der Waals surface area contributed by atoms with E-state index in [4.69, 9.17) is 4.42 Å². The Bertz CT molecular complexity index is 551. The van der Waals surface area contributed by atoms with Gasteiger partial charge in [0.05, 0.1) is 12.8 Å². The highest BCUT2D eigenvalue weighted by atomic mass is 16.3. The van der Waals surface area contributed by atoms with E-state index in [0.29, 0.717) is 11.8 Å². The molecule has 0 radical (unpaired) electrons. The fourth-order valence-electron chi connectivity index (χ4n) is 2.53. The number of piperidine rings is 1. The summed E-state index contributed by atoms with van der Waals surface area (Å²) < 4.78 is 5.15. The molecule has 1 aromatic heterocycles. The van der Waals surface area contributed by atoms with Gasteiger partial charge >= 0.3 is 0 Å². The van der Waals surface area contributed by atoms with Gasteiger partial charge in [0, 0.05) is 19.3 Å². The Hall–Kier alpha value is -2.26. The molecule has 0 atom stereocenters. The molecule has 6 heteroatoms. The lowest BCUT2D eigenvalue weighted by Crippen LogP contribution is -2.40. The zero-order valence-electron chi connectivity index (χ0n) is 13.1. The van der Waals surface area contributed by atoms with E-state index in [1.165, 1.54) is 0 Å². The molecule has 118 valence electrons. The number of amides is 1. The van der Waals surface area contributed by atoms with Gasteiger partial charge in [-0.25, -0.2) is 0 Å². The van der Waals surface area contributed by atoms with Crippen molar-refractivity contribution in [2.24, 2.45) is 0 Å². The Morgan fingerprint density at radius 3 is 2.91 bits per heavy atom. The highest BCUT2D eigenvalue weighted by molar-refractivity contribution is 5.97. The maximum absolute atomic E-state index is 12.1. The van der Waals surface area contributed by atoms with Crippen LogP contribution in [0.1, 0.15) is 18.6 Å². The average molecular weight is 302 g/mol. The number of furan rings is 1. The molecule has 6 nitrogen and oxygen atoms in total. The van der Waals surface area contributed by atoms with Crippen LogP contribution in [-0.2, 0) is 11.3 Å². The van der Waals surface area contributed by atoms with Crippen molar-refractivity contribution < 1.29 is 9.21 Å². The minimum Gasteiger partial charge on any atom is -0.467 e. The number of hydrogen-bond acceptors (Lipinski definition) is 5. The molecule has 1 aliphatic heterocycles. The topological polar surface area (TPSA) is 72.5 Å². The van der Waals surface area contributed by atoms with Gasteiger partial charge in [0.15, 0.2) is 0 Å². The van der Waals surface area contributed by atoms with Crippen LogP contribution in [0.4, 0.5) is 0 Å². The summed E-state index contributed by atoms with van der Waals surface area (Å²) in [4.78, 5) is 16.3. The number of nitrogens with zero attached hydrogens (tertiary/aromatic N) is 3. The molecule has 1 aliphatic rings. The summed E-state index contributed by atoms with van der Waals surface area (Å²) in [5.74, 6) is 0.285. The molecule has 0 saturated carbocycles. The van der Waals surface area contributed by atoms with Gasteiger partial charge in [-0.15, -0.1) is 0 Å². The van der Waals surface area contributed by atoms with Crippen molar-refractivity contribution in [1.29, 1.82) is 5.26 Å². The van der Waals surface area contributed by atoms with Crippen LogP contribution in [0.3, 0.4) is 0 Å². The molecule has 0 aliphatic carbocycles. The van der Waals surface area contributed by atoms with E-state index in [-0.39, 0.29) is 18.0 Å². The molecule has 2 heterocycles. The van der Waals surface area contributed by atoms with Crippen LogP contribution in [0.2, 0.25) is 0 Å². The van der Waals surface area contributed by atoms with Crippen molar-refractivity contribution >= 4 is 5.91 Å². The quantitative estimate of drug-likeness (QED) is 0.656. The van der Waals surface area contributed by atoms with Crippen molar-refractivity contribution in [2.45, 2.75) is 25.4 Å². The number of hydrogen-bond donors (Lipinski definition) is 1. The van der Waals surface area contributed by atoms with Crippen LogP contribution in [0.25, 0.3) is 0 Å². The van der Waals surface area contributed by atoms with Crippen LogP contribution in [0.5, 0.6) is 0 Å². The molecular weight excluding hydrogens is 280 g/mol. The van der Waals surface area contributed by atoms with Crippen LogP contribution in [0.15, 0.2) is 34.6 Å². The third-order valence-corrected chi connectivity index (χ3v) is 3.97. The Morgan fingerprint density at radius 1 is 1.59 bits per heavy atom. The van der Waals surface area contributed by atoms with Gasteiger partial charge in [0.25, 0.3) is 5.91 Å². The normalized spacial score (nSPS) is 17.0. The first-order chi connectivity index (χ1) is 10.6. The highest BCUT2D eigenvalue weighted by Crippen LogP contribution is 2.15. The number of nitriles is 1. The number of likely N-dealkylation sites (tertiary alicyclic amines) is 1. The van der Waals surface area contributed by atoms with Crippen molar-refractivity contribution in [3.63, 3.8) is 0 Å². The molecular formula is C16H22N4O2. The lowest BCUT2D eigenvalue weighted by atomic mass is 10.0. The summed E-state index contributed by atoms with van der Waals surface area (Å²) in [6.45, 7) is 2.35. The fourth-order valence-corrected chi connectivity index (χ4v) is 2.53. The molecule has 1 saturated heterocycles. The first kappa shape index (κ1) is 16.1. The Labute approximate surface area is 131 Å². The summed E-state index contributed by atoms with van der Waals surface area (Å²) in [5.41, 5.74) is 0.119. The van der Waals surface area contributed by atoms with Crippen molar-refractivity contribution in [3.05, 3.63) is 35.9 Å². The van der Waals surface area contributed by atoms with Crippen LogP contribution in [0, 0.1) is 11.3 Å². The smallest absolute Gasteiger partial charge is 0.263 e. The van der Waals surface area contributed by atoms with E-state index in [1.54, 1.807) is 24.6 Å². The zero-order chi connectivity index (χ0) is 15.9. The maximum Gasteiger partial charge on any atom is 0.263 e. The van der Waals surface area contributed by atoms with E-state index >= 15 is 0 Å². The maximum atomic E-state index is 12.1. The van der Waals surface area contributed by atoms with E-state index in [9.17, 15) is 10.1 Å². The summed E-state index contributed by atoms with van der Waals surface area (Å²) in [5, 5.41) is 11.9. The van der Waals surface area contributed by atoms with Gasteiger partial charge in [-0.2, -0.15) is 5.26 Å². The van der Waals surface area contributed by atoms with E-state index in [2.05, 4.69) is 17.3 Å². The monoisotopic (exact) mass is 302 g/mol. The molecule has 0 unspecified atom stereocenters. The average Bonchev–Trinajstić information content (AvgIpc) is 3.04. The third kappa shape index (κ3) is 4.37. The number of nitrogens with one attached hydrogen (secondary N) is 1. The lowest BCUT2D eigenvalue weighted by molar-refractivity contribution is -0.117. The van der Waals surface area contributed by atoms with Gasteiger partial charge in [-0.1, -0.05) is 0 Å². The second kappa shape index (κ2) is 7.66. The molecule has 0 aromatic carbocycles. The first-order valence-electron chi connectivity index (χ1n) is 7.43. The SMILES string of the molecule is CN1CCC(N(C)/C=C(/C#N)C(=O)NCc2ccco2)CC1. The molecule has 1 N–H and O–H groups in total. The zero-order valence-corrected chi connectivity index (χ0v) is 13.1. The molecule has 1 amide bonds. The second-order valence-corrected chi connectivity index (χ2v) is 5.62. The van der Waals surface area contributed by atoms with Crippen LogP contribution in [-0.4, -0.2) is 48.9 Å². The lowest BCUT2D eigenvalue weighted by Gasteiger charge is -2.34. The Morgan fingerprint density at radius 2 is 2.32 bits per heavy atom. The highest BCUT2D eigenvalue weighted by Gasteiger charge is 2.20. The van der Waals surface area contributed by atoms with E-state index < -0.39 is 0 Å². The van der Waals surface area contributed by atoms with Gasteiger partial charge in [0.1, 0.15) is 17.4 Å². The molecule has 1 aromatic rings. The van der Waals surface area contributed by atoms with Gasteiger partial charge in [-0.05, 0) is 45.1 Å². The standard InChI is InChI=1S/C16H22N4O2/c1-19-7-5-14(6-8-19)20(2)12-13(10-17)16(21)18-11-15-4-3-9-22-15/h3-4,9,12,14H,5-8,11H2,1-2H3,(H,18,21)/b13-12-. The molecule has 0 spiro atoms. The fraction of sp³-hybridized carbons (Fsp3) is 0.500. The summed E-state index contributed by atoms with van der Waals surface area (Å²) in [6.07, 6.45) is 5.27. The Kier molecular flexibility index (Phi) is 5.61. The van der Waals surface area contributed by atoms with Crippen LogP contribution < -0.4 is 5.32 Å². The number of rotatable bonds is 5. The number of carbonyl (C=O) groups excluding carboxylic acids is 1. The minimum absolute atomic E-state index is 0.119. The second-order valence-electron chi connectivity index (χ2n) is 5.62. The third-order valence-electron chi connectivity index (χ3n) is 3.97. The van der Waals surface area contributed by atoms with Gasteiger partial charge < -0.3 is 19.5 Å². The predicted molar refractivity (Wildman–Crippen MR) is 82.5 cm³/mol.